The highest BCUT2D eigenvalue weighted by molar-refractivity contribution is 5.87. The molecule has 0 aliphatic heterocycles. The van der Waals surface area contributed by atoms with Gasteiger partial charge in [0.2, 0.25) is 5.91 Å². The van der Waals surface area contributed by atoms with E-state index >= 15 is 0 Å². The smallest absolute Gasteiger partial charge is 0.291 e. The number of aromatic nitrogens is 3. The molecule has 6 nitrogen and oxygen atoms in total. The summed E-state index contributed by atoms with van der Waals surface area (Å²) in [5.41, 5.74) is 0.757. The number of fused-ring (bicyclic) bond motifs is 3. The number of nitrogens with zero attached hydrogens (tertiary/aromatic N) is 3. The zero-order valence-electron chi connectivity index (χ0n) is 15.5. The standard InChI is InChI=1S/C20H23FN4O2/c1-12-5-3-4-6-16(12)22-19(26)11-24-20(27)18-10-14-9-15(21)7-8-17(14)25(18)13(2)23-24/h7-10,12,16H,3-6,11H2,1-2H3,(H,22,26)/t12-,16-/m1/s1. The molecule has 27 heavy (non-hydrogen) atoms. The molecule has 0 unspecified atom stereocenters. The molecule has 1 saturated carbocycles. The van der Waals surface area contributed by atoms with Crippen LogP contribution in [0.3, 0.4) is 0 Å². The van der Waals surface area contributed by atoms with E-state index in [2.05, 4.69) is 17.3 Å². The maximum absolute atomic E-state index is 13.5. The first-order valence-electron chi connectivity index (χ1n) is 9.42. The number of amides is 1. The molecule has 4 rings (SSSR count). The third kappa shape index (κ3) is 3.22. The number of nitrogens with one attached hydrogen (secondary N) is 1. The van der Waals surface area contributed by atoms with Gasteiger partial charge < -0.3 is 5.32 Å². The van der Waals surface area contributed by atoms with Crippen molar-refractivity contribution in [1.82, 2.24) is 19.5 Å². The van der Waals surface area contributed by atoms with Crippen LogP contribution in [-0.4, -0.2) is 26.1 Å². The summed E-state index contributed by atoms with van der Waals surface area (Å²) in [6.07, 6.45) is 4.41. The fourth-order valence-corrected chi connectivity index (χ4v) is 4.12. The Bertz CT molecular complexity index is 1080. The molecular weight excluding hydrogens is 347 g/mol. The first-order valence-corrected chi connectivity index (χ1v) is 9.42. The quantitative estimate of drug-likeness (QED) is 0.771. The fourth-order valence-electron chi connectivity index (χ4n) is 4.12. The van der Waals surface area contributed by atoms with Gasteiger partial charge in [0.15, 0.2) is 0 Å². The average Bonchev–Trinajstić information content (AvgIpc) is 3.00. The van der Waals surface area contributed by atoms with Gasteiger partial charge in [-0.2, -0.15) is 5.10 Å². The number of hydrogen-bond acceptors (Lipinski definition) is 3. The zero-order chi connectivity index (χ0) is 19.1. The second-order valence-electron chi connectivity index (χ2n) is 7.51. The van der Waals surface area contributed by atoms with E-state index in [0.717, 1.165) is 24.8 Å². The average molecular weight is 370 g/mol. The molecule has 1 N–H and O–H groups in total. The molecule has 1 amide bonds. The Morgan fingerprint density at radius 2 is 2.04 bits per heavy atom. The van der Waals surface area contributed by atoms with E-state index in [1.807, 2.05) is 0 Å². The molecular formula is C20H23FN4O2. The Hall–Kier alpha value is -2.70. The van der Waals surface area contributed by atoms with E-state index in [-0.39, 0.29) is 29.9 Å². The van der Waals surface area contributed by atoms with Gasteiger partial charge in [-0.05, 0) is 49.9 Å². The van der Waals surface area contributed by atoms with Crippen LogP contribution in [0, 0.1) is 18.7 Å². The maximum atomic E-state index is 13.5. The van der Waals surface area contributed by atoms with Gasteiger partial charge >= 0.3 is 0 Å². The van der Waals surface area contributed by atoms with Crippen LogP contribution in [-0.2, 0) is 11.3 Å². The Kier molecular flexibility index (Phi) is 4.45. The molecule has 0 radical (unpaired) electrons. The van der Waals surface area contributed by atoms with Crippen LogP contribution in [0.2, 0.25) is 0 Å². The first-order chi connectivity index (χ1) is 12.9. The lowest BCUT2D eigenvalue weighted by Crippen LogP contribution is -2.44. The molecule has 2 heterocycles. The Morgan fingerprint density at radius 3 is 2.81 bits per heavy atom. The van der Waals surface area contributed by atoms with Crippen molar-refractivity contribution < 1.29 is 9.18 Å². The highest BCUT2D eigenvalue weighted by Gasteiger charge is 2.23. The number of rotatable bonds is 3. The summed E-state index contributed by atoms with van der Waals surface area (Å²) < 4.78 is 16.4. The highest BCUT2D eigenvalue weighted by atomic mass is 19.1. The first kappa shape index (κ1) is 17.7. The highest BCUT2D eigenvalue weighted by Crippen LogP contribution is 2.23. The van der Waals surface area contributed by atoms with Gasteiger partial charge in [-0.15, -0.1) is 0 Å². The van der Waals surface area contributed by atoms with Crippen LogP contribution in [0.1, 0.15) is 38.4 Å². The fraction of sp³-hybridized carbons (Fsp3) is 0.450. The number of carbonyl (C=O) groups is 1. The Labute approximate surface area is 156 Å². The molecule has 2 aromatic heterocycles. The summed E-state index contributed by atoms with van der Waals surface area (Å²) in [4.78, 5) is 25.3. The van der Waals surface area contributed by atoms with Gasteiger partial charge in [0.1, 0.15) is 23.7 Å². The monoisotopic (exact) mass is 370 g/mol. The molecule has 3 aromatic rings. The Balaban J connectivity index is 1.66. The van der Waals surface area contributed by atoms with Crippen LogP contribution in [0.25, 0.3) is 16.4 Å². The molecule has 2 atom stereocenters. The number of benzene rings is 1. The maximum Gasteiger partial charge on any atom is 0.291 e. The van der Waals surface area contributed by atoms with Crippen molar-refractivity contribution in [3.63, 3.8) is 0 Å². The summed E-state index contributed by atoms with van der Waals surface area (Å²) in [5.74, 6) is 0.465. The topological polar surface area (TPSA) is 68.4 Å². The van der Waals surface area contributed by atoms with Gasteiger partial charge in [0, 0.05) is 11.4 Å². The van der Waals surface area contributed by atoms with E-state index in [4.69, 9.17) is 0 Å². The van der Waals surface area contributed by atoms with Crippen LogP contribution < -0.4 is 10.9 Å². The van der Waals surface area contributed by atoms with Gasteiger partial charge in [-0.3, -0.25) is 14.0 Å². The normalized spacial score (nSPS) is 20.3. The summed E-state index contributed by atoms with van der Waals surface area (Å²) in [7, 11) is 0. The van der Waals surface area contributed by atoms with E-state index in [9.17, 15) is 14.0 Å². The molecule has 1 aliphatic rings. The van der Waals surface area contributed by atoms with E-state index in [1.54, 1.807) is 23.5 Å². The van der Waals surface area contributed by atoms with Gasteiger partial charge in [0.25, 0.3) is 5.56 Å². The number of hydrogen-bond donors (Lipinski definition) is 1. The second-order valence-corrected chi connectivity index (χ2v) is 7.51. The SMILES string of the molecule is Cc1nn(CC(=O)N[C@@H]2CCCC[C@H]2C)c(=O)c2cc3cc(F)ccc3n12. The number of carbonyl (C=O) groups excluding carboxylic acids is 1. The molecule has 1 fully saturated rings. The van der Waals surface area contributed by atoms with Crippen LogP contribution >= 0.6 is 0 Å². The molecule has 7 heteroatoms. The molecule has 0 bridgehead atoms. The van der Waals surface area contributed by atoms with E-state index in [1.165, 1.54) is 23.2 Å². The van der Waals surface area contributed by atoms with Crippen molar-refractivity contribution in [2.45, 2.75) is 52.1 Å². The molecule has 1 aliphatic carbocycles. The molecule has 1 aromatic carbocycles. The van der Waals surface area contributed by atoms with Crippen LogP contribution in [0.5, 0.6) is 0 Å². The van der Waals surface area contributed by atoms with Crippen molar-refractivity contribution in [1.29, 1.82) is 0 Å². The summed E-state index contributed by atoms with van der Waals surface area (Å²) in [6, 6.07) is 6.19. The molecule has 142 valence electrons. The lowest BCUT2D eigenvalue weighted by molar-refractivity contribution is -0.123. The lowest BCUT2D eigenvalue weighted by Gasteiger charge is -2.29. The van der Waals surface area contributed by atoms with Crippen LogP contribution in [0.4, 0.5) is 4.39 Å². The van der Waals surface area contributed by atoms with Gasteiger partial charge in [-0.1, -0.05) is 19.8 Å². The largest absolute Gasteiger partial charge is 0.351 e. The van der Waals surface area contributed by atoms with Crippen molar-refractivity contribution in [2.75, 3.05) is 0 Å². The van der Waals surface area contributed by atoms with Crippen molar-refractivity contribution in [3.8, 4) is 0 Å². The van der Waals surface area contributed by atoms with Crippen molar-refractivity contribution in [2.24, 2.45) is 5.92 Å². The van der Waals surface area contributed by atoms with Crippen molar-refractivity contribution in [3.05, 3.63) is 46.3 Å². The summed E-state index contributed by atoms with van der Waals surface area (Å²) in [5, 5.41) is 8.00. The Morgan fingerprint density at radius 1 is 1.26 bits per heavy atom. The summed E-state index contributed by atoms with van der Waals surface area (Å²) in [6.45, 7) is 3.80. The molecule has 0 saturated heterocycles. The van der Waals surface area contributed by atoms with Gasteiger partial charge in [-0.25, -0.2) is 9.07 Å². The lowest BCUT2D eigenvalue weighted by atomic mass is 9.86. The minimum atomic E-state index is -0.357. The number of aryl methyl sites for hydroxylation is 1. The van der Waals surface area contributed by atoms with Crippen LogP contribution in [0.15, 0.2) is 29.1 Å². The third-order valence-corrected chi connectivity index (χ3v) is 5.56. The number of halogens is 1. The minimum absolute atomic E-state index is 0.116. The molecule has 0 spiro atoms. The second kappa shape index (κ2) is 6.79. The minimum Gasteiger partial charge on any atom is -0.351 e. The third-order valence-electron chi connectivity index (χ3n) is 5.56. The summed E-state index contributed by atoms with van der Waals surface area (Å²) >= 11 is 0. The van der Waals surface area contributed by atoms with E-state index < -0.39 is 0 Å². The predicted molar refractivity (Wildman–Crippen MR) is 101 cm³/mol. The van der Waals surface area contributed by atoms with Gasteiger partial charge in [0.05, 0.1) is 5.52 Å². The zero-order valence-corrected chi connectivity index (χ0v) is 15.5. The van der Waals surface area contributed by atoms with Crippen molar-refractivity contribution >= 4 is 22.3 Å². The predicted octanol–water partition coefficient (Wildman–Crippen LogP) is 2.79. The van der Waals surface area contributed by atoms with E-state index in [0.29, 0.717) is 22.6 Å².